The molecule has 0 spiro atoms. The second-order valence-electron chi connectivity index (χ2n) is 7.57. The summed E-state index contributed by atoms with van der Waals surface area (Å²) in [6.45, 7) is 0. The zero-order chi connectivity index (χ0) is 25.4. The molecule has 5 rings (SSSR count). The molecule has 0 saturated heterocycles. The van der Waals surface area contributed by atoms with Gasteiger partial charge >= 0.3 is 6.18 Å². The number of carbonyl (C=O) groups excluding carboxylic acids is 1. The molecule has 0 fully saturated rings. The predicted molar refractivity (Wildman–Crippen MR) is 126 cm³/mol. The minimum atomic E-state index is -4.89. The van der Waals surface area contributed by atoms with Crippen molar-refractivity contribution in [2.45, 2.75) is 11.1 Å². The van der Waals surface area contributed by atoms with E-state index < -0.39 is 34.1 Å². The number of hydrogen-bond acceptors (Lipinski definition) is 6. The van der Waals surface area contributed by atoms with Gasteiger partial charge in [0.2, 0.25) is 0 Å². The molecule has 13 heteroatoms. The molecule has 1 amide bonds. The maximum atomic E-state index is 14.2. The van der Waals surface area contributed by atoms with Gasteiger partial charge in [-0.1, -0.05) is 6.07 Å². The lowest BCUT2D eigenvalue weighted by atomic mass is 10.1. The highest BCUT2D eigenvalue weighted by molar-refractivity contribution is 7.84. The largest absolute Gasteiger partial charge is 0.434 e. The van der Waals surface area contributed by atoms with Crippen LogP contribution in [-0.4, -0.2) is 46.1 Å². The molecule has 0 aliphatic rings. The number of halogens is 3. The van der Waals surface area contributed by atoms with E-state index in [2.05, 4.69) is 25.6 Å². The van der Waals surface area contributed by atoms with Crippen molar-refractivity contribution < 1.29 is 22.2 Å². The summed E-state index contributed by atoms with van der Waals surface area (Å²) in [5.41, 5.74) is -0.722. The van der Waals surface area contributed by atoms with Crippen molar-refractivity contribution >= 4 is 33.3 Å². The lowest BCUT2D eigenvalue weighted by molar-refractivity contribution is -0.143. The molecule has 0 saturated carbocycles. The minimum absolute atomic E-state index is 0.131. The van der Waals surface area contributed by atoms with Crippen LogP contribution in [-0.2, 0) is 17.0 Å². The Morgan fingerprint density at radius 1 is 0.972 bits per heavy atom. The Morgan fingerprint density at radius 3 is 2.47 bits per heavy atom. The first-order chi connectivity index (χ1) is 17.2. The van der Waals surface area contributed by atoms with Crippen molar-refractivity contribution in [3.63, 3.8) is 0 Å². The van der Waals surface area contributed by atoms with E-state index in [1.54, 1.807) is 24.3 Å². The molecule has 3 aromatic heterocycles. The molecule has 1 N–H and O–H groups in total. The SMILES string of the molecule is CS(=O)c1cc(NC(=O)c2cnn(-c3cccc4ncccc34)c2C(F)(F)F)ccc1-n1nccn1. The van der Waals surface area contributed by atoms with Gasteiger partial charge in [0.15, 0.2) is 5.69 Å². The van der Waals surface area contributed by atoms with Crippen LogP contribution in [0.3, 0.4) is 0 Å². The standard InChI is InChI=1S/C23H16F3N7O2S/c1-36(35)20-12-14(7-8-19(20)33-28-10-11-29-33)31-22(34)16-13-30-32(21(16)23(24,25)26)18-6-2-5-17-15(18)4-3-9-27-17/h2-13H,1H3,(H,31,34). The van der Waals surface area contributed by atoms with Crippen LogP contribution in [0.15, 0.2) is 78.2 Å². The number of nitrogens with one attached hydrogen (secondary N) is 1. The molecule has 0 aliphatic carbocycles. The van der Waals surface area contributed by atoms with Crippen molar-refractivity contribution in [1.29, 1.82) is 0 Å². The van der Waals surface area contributed by atoms with Gasteiger partial charge in [0, 0.05) is 23.5 Å². The molecular formula is C23H16F3N7O2S. The molecule has 3 heterocycles. The second kappa shape index (κ2) is 9.00. The number of nitrogens with zero attached hydrogens (tertiary/aromatic N) is 6. The second-order valence-corrected chi connectivity index (χ2v) is 8.92. The van der Waals surface area contributed by atoms with Crippen LogP contribution in [0.25, 0.3) is 22.3 Å². The van der Waals surface area contributed by atoms with E-state index in [4.69, 9.17) is 0 Å². The number of anilines is 1. The van der Waals surface area contributed by atoms with Gasteiger partial charge in [-0.3, -0.25) is 14.0 Å². The molecule has 0 radical (unpaired) electrons. The van der Waals surface area contributed by atoms with Crippen LogP contribution in [0.2, 0.25) is 0 Å². The third-order valence-corrected chi connectivity index (χ3v) is 6.24. The van der Waals surface area contributed by atoms with Gasteiger partial charge in [-0.2, -0.15) is 33.3 Å². The number of benzene rings is 2. The van der Waals surface area contributed by atoms with Crippen LogP contribution in [0, 0.1) is 0 Å². The van der Waals surface area contributed by atoms with Gasteiger partial charge in [-0.15, -0.1) is 0 Å². The van der Waals surface area contributed by atoms with E-state index in [9.17, 15) is 22.2 Å². The Morgan fingerprint density at radius 2 is 1.75 bits per heavy atom. The van der Waals surface area contributed by atoms with Crippen LogP contribution in [0.5, 0.6) is 0 Å². The van der Waals surface area contributed by atoms with Crippen molar-refractivity contribution in [3.8, 4) is 11.4 Å². The quantitative estimate of drug-likeness (QED) is 0.382. The molecule has 2 aromatic carbocycles. The van der Waals surface area contributed by atoms with Gasteiger partial charge in [-0.05, 0) is 42.5 Å². The first kappa shape index (κ1) is 23.4. The van der Waals surface area contributed by atoms with E-state index in [0.29, 0.717) is 26.2 Å². The Balaban J connectivity index is 1.55. The summed E-state index contributed by atoms with van der Waals surface area (Å²) in [5, 5.41) is 14.8. The zero-order valence-corrected chi connectivity index (χ0v) is 19.3. The molecule has 1 atom stereocenters. The maximum absolute atomic E-state index is 14.2. The molecule has 5 aromatic rings. The van der Waals surface area contributed by atoms with Gasteiger partial charge < -0.3 is 5.32 Å². The third kappa shape index (κ3) is 4.24. The smallest absolute Gasteiger partial charge is 0.322 e. The Hall–Kier alpha value is -4.39. The first-order valence-corrected chi connectivity index (χ1v) is 11.9. The number of aromatic nitrogens is 6. The van der Waals surface area contributed by atoms with Crippen molar-refractivity contribution in [1.82, 2.24) is 29.8 Å². The van der Waals surface area contributed by atoms with E-state index >= 15 is 0 Å². The van der Waals surface area contributed by atoms with Gasteiger partial charge in [0.25, 0.3) is 5.91 Å². The molecule has 36 heavy (non-hydrogen) atoms. The summed E-state index contributed by atoms with van der Waals surface area (Å²) >= 11 is 0. The number of hydrogen-bond donors (Lipinski definition) is 1. The van der Waals surface area contributed by atoms with E-state index in [-0.39, 0.29) is 11.4 Å². The Labute approximate surface area is 204 Å². The fourth-order valence-electron chi connectivity index (χ4n) is 3.77. The van der Waals surface area contributed by atoms with Crippen molar-refractivity contribution in [2.75, 3.05) is 11.6 Å². The van der Waals surface area contributed by atoms with Crippen LogP contribution >= 0.6 is 0 Å². The van der Waals surface area contributed by atoms with Gasteiger partial charge in [0.1, 0.15) is 5.69 Å². The highest BCUT2D eigenvalue weighted by Crippen LogP contribution is 2.35. The van der Waals surface area contributed by atoms with Crippen LogP contribution in [0.1, 0.15) is 16.1 Å². The third-order valence-electron chi connectivity index (χ3n) is 5.29. The maximum Gasteiger partial charge on any atom is 0.434 e. The summed E-state index contributed by atoms with van der Waals surface area (Å²) in [5.74, 6) is -1.02. The number of amides is 1. The highest BCUT2D eigenvalue weighted by atomic mass is 32.2. The van der Waals surface area contributed by atoms with Gasteiger partial charge in [0.05, 0.1) is 51.1 Å². The molecule has 9 nitrogen and oxygen atoms in total. The first-order valence-electron chi connectivity index (χ1n) is 10.4. The fourth-order valence-corrected chi connectivity index (χ4v) is 4.50. The lowest BCUT2D eigenvalue weighted by Crippen LogP contribution is -2.21. The van der Waals surface area contributed by atoms with Crippen LogP contribution in [0.4, 0.5) is 18.9 Å². The summed E-state index contributed by atoms with van der Waals surface area (Å²) < 4.78 is 55.6. The fraction of sp³-hybridized carbons (Fsp3) is 0.0870. The monoisotopic (exact) mass is 511 g/mol. The number of pyridine rings is 1. The zero-order valence-electron chi connectivity index (χ0n) is 18.5. The number of fused-ring (bicyclic) bond motifs is 1. The lowest BCUT2D eigenvalue weighted by Gasteiger charge is -2.14. The highest BCUT2D eigenvalue weighted by Gasteiger charge is 2.41. The normalized spacial score (nSPS) is 12.6. The van der Waals surface area contributed by atoms with E-state index in [0.717, 1.165) is 6.20 Å². The predicted octanol–water partition coefficient (Wildman–Crippen LogP) is 4.01. The average Bonchev–Trinajstić information content (AvgIpc) is 3.54. The van der Waals surface area contributed by atoms with Gasteiger partial charge in [-0.25, -0.2) is 4.68 Å². The van der Waals surface area contributed by atoms with Crippen molar-refractivity contribution in [2.24, 2.45) is 0 Å². The summed E-state index contributed by atoms with van der Waals surface area (Å²) in [6, 6.07) is 12.3. The van der Waals surface area contributed by atoms with E-state index in [1.165, 1.54) is 53.9 Å². The number of carbonyl (C=O) groups is 1. The molecule has 182 valence electrons. The molecule has 0 bridgehead atoms. The number of alkyl halides is 3. The van der Waals surface area contributed by atoms with Crippen LogP contribution < -0.4 is 5.32 Å². The van der Waals surface area contributed by atoms with E-state index in [1.807, 2.05) is 0 Å². The number of rotatable bonds is 5. The molecule has 0 aliphatic heterocycles. The topological polar surface area (TPSA) is 108 Å². The summed E-state index contributed by atoms with van der Waals surface area (Å²) in [4.78, 5) is 18.7. The summed E-state index contributed by atoms with van der Waals surface area (Å²) in [7, 11) is -1.50. The molecule has 1 unspecified atom stereocenters. The summed E-state index contributed by atoms with van der Waals surface area (Å²) in [6.07, 6.45) is 1.83. The average molecular weight is 511 g/mol. The van der Waals surface area contributed by atoms with Crippen molar-refractivity contribution in [3.05, 3.63) is 84.6 Å². The molecular weight excluding hydrogens is 495 g/mol. The Bertz CT molecular complexity index is 1610. The minimum Gasteiger partial charge on any atom is -0.322 e. The Kier molecular flexibility index (Phi) is 5.84.